The summed E-state index contributed by atoms with van der Waals surface area (Å²) in [7, 11) is 1.66. The van der Waals surface area contributed by atoms with E-state index in [-0.39, 0.29) is 23.6 Å². The molecule has 4 heterocycles. The van der Waals surface area contributed by atoms with Crippen molar-refractivity contribution >= 4 is 23.5 Å². The van der Waals surface area contributed by atoms with Crippen molar-refractivity contribution in [2.45, 2.75) is 56.9 Å². The molecular formula is C24H23F3N6O3. The maximum atomic E-state index is 13.5. The molecule has 3 saturated heterocycles. The van der Waals surface area contributed by atoms with Crippen LogP contribution in [-0.4, -0.2) is 62.1 Å². The summed E-state index contributed by atoms with van der Waals surface area (Å²) < 4.78 is 41.9. The topological polar surface area (TPSA) is 103 Å². The van der Waals surface area contributed by atoms with Gasteiger partial charge >= 0.3 is 12.2 Å². The van der Waals surface area contributed by atoms with Gasteiger partial charge in [0.1, 0.15) is 11.7 Å². The number of fused-ring (bicyclic) bond motifs is 5. The van der Waals surface area contributed by atoms with Crippen LogP contribution in [0, 0.1) is 11.3 Å². The lowest BCUT2D eigenvalue weighted by Gasteiger charge is -2.34. The number of likely N-dealkylation sites (tertiary alicyclic amines) is 1. The van der Waals surface area contributed by atoms with Gasteiger partial charge in [0.15, 0.2) is 0 Å². The lowest BCUT2D eigenvalue weighted by Crippen LogP contribution is -2.55. The quantitative estimate of drug-likeness (QED) is 0.590. The van der Waals surface area contributed by atoms with Crippen LogP contribution >= 0.6 is 0 Å². The number of nitrogens with zero attached hydrogens (tertiary/aromatic N) is 6. The van der Waals surface area contributed by atoms with Gasteiger partial charge in [-0.1, -0.05) is 20.8 Å². The average molecular weight is 500 g/mol. The Morgan fingerprint density at radius 1 is 1.17 bits per heavy atom. The summed E-state index contributed by atoms with van der Waals surface area (Å²) in [5, 5.41) is 13.5. The van der Waals surface area contributed by atoms with Crippen LogP contribution in [0.2, 0.25) is 0 Å². The monoisotopic (exact) mass is 500 g/mol. The molecule has 1 aromatic heterocycles. The van der Waals surface area contributed by atoms with Gasteiger partial charge in [-0.15, -0.1) is 0 Å². The standard InChI is InChI=1S/C24H23F3N6O3/c1-23(2,3)18-9-17(30(4)29-18)20(34)31-11-14-8-16(31)19-21(35)33(22(36)32(14)19)13-6-5-12(10-28)15(7-13)24(25,26)27/h5-7,9,14,16,19H,8,11H2,1-4H3/t14-,16?,19-/m1/s1. The van der Waals surface area contributed by atoms with Crippen LogP contribution in [0.5, 0.6) is 0 Å². The molecule has 9 nitrogen and oxygen atoms in total. The van der Waals surface area contributed by atoms with Gasteiger partial charge in [0, 0.05) is 19.0 Å². The second-order valence-electron chi connectivity index (χ2n) is 10.4. The number of rotatable bonds is 2. The number of nitriles is 1. The molecule has 4 amide bonds. The molecule has 0 spiro atoms. The third-order valence-electron chi connectivity index (χ3n) is 7.08. The Hall–Kier alpha value is -3.88. The summed E-state index contributed by atoms with van der Waals surface area (Å²) in [5.74, 6) is -1.01. The van der Waals surface area contributed by atoms with Crippen LogP contribution in [0.1, 0.15) is 54.5 Å². The molecule has 3 fully saturated rings. The van der Waals surface area contributed by atoms with Crippen molar-refractivity contribution in [3.8, 4) is 6.07 Å². The molecule has 3 atom stereocenters. The van der Waals surface area contributed by atoms with E-state index in [1.165, 1.54) is 15.7 Å². The number of imide groups is 1. The third kappa shape index (κ3) is 3.37. The van der Waals surface area contributed by atoms with Gasteiger partial charge in [0.05, 0.1) is 40.7 Å². The van der Waals surface area contributed by atoms with E-state index < -0.39 is 47.4 Å². The molecule has 1 unspecified atom stereocenters. The first kappa shape index (κ1) is 23.8. The Bertz CT molecular complexity index is 1350. The maximum Gasteiger partial charge on any atom is 0.417 e. The number of alkyl halides is 3. The van der Waals surface area contributed by atoms with E-state index in [4.69, 9.17) is 5.26 Å². The summed E-state index contributed by atoms with van der Waals surface area (Å²) in [6, 6.07) is 3.21. The van der Waals surface area contributed by atoms with Crippen molar-refractivity contribution < 1.29 is 27.6 Å². The maximum absolute atomic E-state index is 13.5. The van der Waals surface area contributed by atoms with Gasteiger partial charge in [-0.3, -0.25) is 14.3 Å². The first-order chi connectivity index (χ1) is 16.7. The number of hydrogen-bond acceptors (Lipinski definition) is 5. The minimum atomic E-state index is -4.83. The number of aryl methyl sites for hydroxylation is 1. The van der Waals surface area contributed by atoms with Gasteiger partial charge in [-0.25, -0.2) is 9.69 Å². The SMILES string of the molecule is Cn1nc(C(C)(C)C)cc1C(=O)N1C[C@H]2CC1[C@@H]1C(=O)N(c3ccc(C#N)c(C(F)(F)F)c3)C(=O)N21. The highest BCUT2D eigenvalue weighted by Gasteiger charge is 2.63. The zero-order valence-electron chi connectivity index (χ0n) is 20.0. The molecule has 3 aliphatic heterocycles. The van der Waals surface area contributed by atoms with Gasteiger partial charge in [-0.2, -0.15) is 23.5 Å². The number of aromatic nitrogens is 2. The lowest BCUT2D eigenvalue weighted by atomic mass is 9.92. The summed E-state index contributed by atoms with van der Waals surface area (Å²) in [4.78, 5) is 43.6. The van der Waals surface area contributed by atoms with Crippen molar-refractivity contribution in [1.29, 1.82) is 5.26 Å². The molecule has 36 heavy (non-hydrogen) atoms. The fourth-order valence-corrected chi connectivity index (χ4v) is 5.31. The molecule has 0 aliphatic carbocycles. The van der Waals surface area contributed by atoms with Crippen LogP contribution in [0.3, 0.4) is 0 Å². The third-order valence-corrected chi connectivity index (χ3v) is 7.08. The molecule has 0 N–H and O–H groups in total. The van der Waals surface area contributed by atoms with Crippen molar-refractivity contribution in [2.24, 2.45) is 7.05 Å². The Balaban J connectivity index is 1.45. The number of anilines is 1. The summed E-state index contributed by atoms with van der Waals surface area (Å²) in [6.45, 7) is 6.14. The van der Waals surface area contributed by atoms with Crippen LogP contribution < -0.4 is 4.90 Å². The Labute approximate surface area is 204 Å². The highest BCUT2D eigenvalue weighted by atomic mass is 19.4. The van der Waals surface area contributed by atoms with Crippen LogP contribution in [0.4, 0.5) is 23.7 Å². The lowest BCUT2D eigenvalue weighted by molar-refractivity contribution is -0.137. The van der Waals surface area contributed by atoms with E-state index in [2.05, 4.69) is 5.10 Å². The molecule has 0 saturated carbocycles. The highest BCUT2D eigenvalue weighted by molar-refractivity contribution is 6.22. The molecule has 0 radical (unpaired) electrons. The number of piperazine rings is 1. The number of amides is 4. The number of halogens is 3. The fourth-order valence-electron chi connectivity index (χ4n) is 5.31. The number of benzene rings is 1. The highest BCUT2D eigenvalue weighted by Crippen LogP contribution is 2.44. The molecular weight excluding hydrogens is 477 g/mol. The van der Waals surface area contributed by atoms with E-state index in [1.807, 2.05) is 20.8 Å². The first-order valence-corrected chi connectivity index (χ1v) is 11.4. The van der Waals surface area contributed by atoms with Crippen LogP contribution in [0.15, 0.2) is 24.3 Å². The van der Waals surface area contributed by atoms with Crippen LogP contribution in [-0.2, 0) is 23.4 Å². The number of carbonyl (C=O) groups excluding carboxylic acids is 3. The summed E-state index contributed by atoms with van der Waals surface area (Å²) in [5.41, 5.74) is -1.27. The first-order valence-electron chi connectivity index (χ1n) is 11.4. The van der Waals surface area contributed by atoms with Crippen LogP contribution in [0.25, 0.3) is 0 Å². The molecule has 1 aromatic carbocycles. The van der Waals surface area contributed by atoms with E-state index in [9.17, 15) is 27.6 Å². The number of urea groups is 1. The van der Waals surface area contributed by atoms with E-state index in [1.54, 1.807) is 18.0 Å². The molecule has 2 aromatic rings. The minimum absolute atomic E-state index is 0.212. The smallest absolute Gasteiger partial charge is 0.330 e. The zero-order valence-corrected chi connectivity index (χ0v) is 20.0. The predicted octanol–water partition coefficient (Wildman–Crippen LogP) is 3.04. The van der Waals surface area contributed by atoms with E-state index in [0.717, 1.165) is 22.7 Å². The minimum Gasteiger partial charge on any atom is -0.330 e. The molecule has 2 bridgehead atoms. The predicted molar refractivity (Wildman–Crippen MR) is 120 cm³/mol. The summed E-state index contributed by atoms with van der Waals surface area (Å²) >= 11 is 0. The van der Waals surface area contributed by atoms with Gasteiger partial charge in [0.25, 0.3) is 11.8 Å². The molecule has 3 aliphatic rings. The fraction of sp³-hybridized carbons (Fsp3) is 0.458. The molecule has 12 heteroatoms. The van der Waals surface area contributed by atoms with Gasteiger partial charge in [0.2, 0.25) is 0 Å². The summed E-state index contributed by atoms with van der Waals surface area (Å²) in [6.07, 6.45) is -4.42. The Kier molecular flexibility index (Phi) is 5.01. The number of hydrogen-bond donors (Lipinski definition) is 0. The van der Waals surface area contributed by atoms with Gasteiger partial charge < -0.3 is 9.80 Å². The Morgan fingerprint density at radius 2 is 1.86 bits per heavy atom. The van der Waals surface area contributed by atoms with Crippen molar-refractivity contribution in [3.05, 3.63) is 46.8 Å². The largest absolute Gasteiger partial charge is 0.417 e. The van der Waals surface area contributed by atoms with Crippen molar-refractivity contribution in [1.82, 2.24) is 19.6 Å². The molecule has 5 rings (SSSR count). The zero-order chi connectivity index (χ0) is 26.3. The normalized spacial score (nSPS) is 23.5. The second kappa shape index (κ2) is 7.56. The van der Waals surface area contributed by atoms with E-state index in [0.29, 0.717) is 18.2 Å². The van der Waals surface area contributed by atoms with Crippen molar-refractivity contribution in [2.75, 3.05) is 11.4 Å². The number of carbonyl (C=O) groups is 3. The second-order valence-corrected chi connectivity index (χ2v) is 10.4. The Morgan fingerprint density at radius 3 is 2.44 bits per heavy atom. The molecule has 188 valence electrons. The van der Waals surface area contributed by atoms with E-state index >= 15 is 0 Å². The average Bonchev–Trinajstić information content (AvgIpc) is 3.54. The van der Waals surface area contributed by atoms with Crippen molar-refractivity contribution in [3.63, 3.8) is 0 Å². The van der Waals surface area contributed by atoms with Gasteiger partial charge in [-0.05, 0) is 30.7 Å².